The smallest absolute Gasteiger partial charge is 0.454 e. The largest absolute Gasteiger partial charge is 0.512 e. The zero-order valence-electron chi connectivity index (χ0n) is 10.4. The van der Waals surface area contributed by atoms with Crippen LogP contribution in [0.4, 0.5) is 26.3 Å². The summed E-state index contributed by atoms with van der Waals surface area (Å²) in [5.74, 6) is -5.40. The minimum Gasteiger partial charge on any atom is -0.512 e. The molecule has 0 saturated carbocycles. The number of carbonyl (C=O) groups excluding carboxylic acids is 2. The van der Waals surface area contributed by atoms with E-state index in [0.717, 1.165) is 0 Å². The molecule has 127 valence electrons. The first-order valence-electron chi connectivity index (χ1n) is 4.64. The Hall–Kier alpha value is -1.48. The van der Waals surface area contributed by atoms with E-state index in [1.54, 1.807) is 0 Å². The van der Waals surface area contributed by atoms with Gasteiger partial charge in [-0.1, -0.05) is 0 Å². The van der Waals surface area contributed by atoms with Crippen molar-refractivity contribution in [2.24, 2.45) is 0 Å². The molecule has 0 atom stereocenters. The summed E-state index contributed by atoms with van der Waals surface area (Å²) in [5.41, 5.74) is 0. The predicted molar refractivity (Wildman–Crippen MR) is 54.9 cm³/mol. The average molecular weight is 372 g/mol. The summed E-state index contributed by atoms with van der Waals surface area (Å²) in [6.07, 6.45) is -10.5. The summed E-state index contributed by atoms with van der Waals surface area (Å²) >= 11 is 0. The third-order valence-electron chi connectivity index (χ3n) is 1.25. The molecule has 0 spiro atoms. The van der Waals surface area contributed by atoms with Crippen molar-refractivity contribution >= 4 is 11.6 Å². The standard InChI is InChI=1S/C5H2F6O2.C5H8O2.Cu/c6-4(7,8)2(12)1-3(13)5(9,10)11;1-4(6)3-5(2)7;/h1,12H;3,6H,1-2H3;/b2-1-;4-3-;. The van der Waals surface area contributed by atoms with Crippen LogP contribution in [0.3, 0.4) is 0 Å². The van der Waals surface area contributed by atoms with Gasteiger partial charge in [0, 0.05) is 29.2 Å². The number of halogens is 6. The molecule has 0 aliphatic heterocycles. The minimum atomic E-state index is -5.42. The van der Waals surface area contributed by atoms with Crippen LogP contribution in [-0.4, -0.2) is 34.1 Å². The molecule has 0 aromatic heterocycles. The van der Waals surface area contributed by atoms with Gasteiger partial charge in [-0.3, -0.25) is 9.59 Å². The maximum Gasteiger partial charge on any atom is 0.454 e. The molecule has 0 amide bonds. The van der Waals surface area contributed by atoms with Crippen molar-refractivity contribution in [2.45, 2.75) is 26.2 Å². The second-order valence-electron chi connectivity index (χ2n) is 3.29. The van der Waals surface area contributed by atoms with Crippen LogP contribution in [0.5, 0.6) is 0 Å². The molecule has 0 rings (SSSR count). The van der Waals surface area contributed by atoms with E-state index >= 15 is 0 Å². The Morgan fingerprint density at radius 2 is 1.24 bits per heavy atom. The number of rotatable bonds is 2. The number of hydrogen-bond acceptors (Lipinski definition) is 4. The number of aliphatic hydroxyl groups is 2. The summed E-state index contributed by atoms with van der Waals surface area (Å²) < 4.78 is 68.1. The monoisotopic (exact) mass is 371 g/mol. The van der Waals surface area contributed by atoms with Gasteiger partial charge < -0.3 is 10.2 Å². The van der Waals surface area contributed by atoms with Crippen LogP contribution in [-0.2, 0) is 26.7 Å². The molecule has 0 unspecified atom stereocenters. The first-order chi connectivity index (χ1) is 8.67. The molecule has 0 aliphatic rings. The Morgan fingerprint density at radius 1 is 0.857 bits per heavy atom. The molecule has 11 heteroatoms. The van der Waals surface area contributed by atoms with E-state index in [1.165, 1.54) is 19.9 Å². The fraction of sp³-hybridized carbons (Fsp3) is 0.400. The Labute approximate surface area is 125 Å². The fourth-order valence-electron chi connectivity index (χ4n) is 0.582. The van der Waals surface area contributed by atoms with Crippen LogP contribution in [0.25, 0.3) is 0 Å². The molecule has 0 bridgehead atoms. The van der Waals surface area contributed by atoms with Gasteiger partial charge in [-0.25, -0.2) is 0 Å². The zero-order valence-corrected chi connectivity index (χ0v) is 11.4. The molecule has 0 saturated heterocycles. The molecule has 4 nitrogen and oxygen atoms in total. The number of carbonyl (C=O) groups is 2. The Balaban J connectivity index is -0.000000347. The number of ketones is 2. The molecule has 2 N–H and O–H groups in total. The maximum absolute atomic E-state index is 11.4. The van der Waals surface area contributed by atoms with Crippen molar-refractivity contribution in [3.8, 4) is 0 Å². The van der Waals surface area contributed by atoms with Gasteiger partial charge in [-0.2, -0.15) is 26.3 Å². The van der Waals surface area contributed by atoms with Gasteiger partial charge >= 0.3 is 12.4 Å². The van der Waals surface area contributed by atoms with E-state index in [4.69, 9.17) is 10.2 Å². The van der Waals surface area contributed by atoms with Gasteiger partial charge in [0.2, 0.25) is 5.76 Å². The fourth-order valence-corrected chi connectivity index (χ4v) is 0.582. The molecule has 0 aromatic rings. The predicted octanol–water partition coefficient (Wildman–Crippen LogP) is 3.16. The Morgan fingerprint density at radius 3 is 1.38 bits per heavy atom. The normalized spacial score (nSPS) is 12.8. The van der Waals surface area contributed by atoms with Crippen LogP contribution in [0, 0.1) is 0 Å². The van der Waals surface area contributed by atoms with Crippen molar-refractivity contribution in [1.82, 2.24) is 0 Å². The van der Waals surface area contributed by atoms with E-state index in [9.17, 15) is 35.9 Å². The second-order valence-corrected chi connectivity index (χ2v) is 3.29. The van der Waals surface area contributed by atoms with E-state index in [1.807, 2.05) is 0 Å². The van der Waals surface area contributed by atoms with E-state index in [2.05, 4.69) is 0 Å². The van der Waals surface area contributed by atoms with Crippen LogP contribution < -0.4 is 0 Å². The molecular formula is C10H10CuF6O4. The Kier molecular flexibility index (Phi) is 11.0. The number of aliphatic hydroxyl groups excluding tert-OH is 2. The van der Waals surface area contributed by atoms with Crippen molar-refractivity contribution in [1.29, 1.82) is 0 Å². The zero-order chi connectivity index (χ0) is 16.7. The van der Waals surface area contributed by atoms with Crippen molar-refractivity contribution in [2.75, 3.05) is 0 Å². The second kappa shape index (κ2) is 9.45. The van der Waals surface area contributed by atoms with Crippen molar-refractivity contribution in [3.05, 3.63) is 23.7 Å². The SMILES string of the molecule is CC(=O)/C=C(/C)O.O=C(/C=C(\O)C(F)(F)F)C(F)(F)F.[Cu]. The Bertz CT molecular complexity index is 418. The molecule has 1 radical (unpaired) electrons. The van der Waals surface area contributed by atoms with Gasteiger partial charge in [0.1, 0.15) is 0 Å². The van der Waals surface area contributed by atoms with Gasteiger partial charge in [-0.15, -0.1) is 0 Å². The van der Waals surface area contributed by atoms with Gasteiger partial charge in [-0.05, 0) is 13.8 Å². The van der Waals surface area contributed by atoms with Crippen molar-refractivity contribution in [3.63, 3.8) is 0 Å². The maximum atomic E-state index is 11.4. The van der Waals surface area contributed by atoms with Crippen LogP contribution in [0.2, 0.25) is 0 Å². The first-order valence-corrected chi connectivity index (χ1v) is 4.64. The molecule has 0 aromatic carbocycles. The first kappa shape index (κ1) is 24.5. The van der Waals surface area contributed by atoms with E-state index in [-0.39, 0.29) is 28.6 Å². The molecule has 0 heterocycles. The van der Waals surface area contributed by atoms with Gasteiger partial charge in [0.15, 0.2) is 5.78 Å². The van der Waals surface area contributed by atoms with Crippen LogP contribution in [0.15, 0.2) is 23.7 Å². The van der Waals surface area contributed by atoms with Gasteiger partial charge in [0.05, 0.1) is 5.76 Å². The summed E-state index contributed by atoms with van der Waals surface area (Å²) in [6, 6.07) is 0. The molecule has 0 fully saturated rings. The summed E-state index contributed by atoms with van der Waals surface area (Å²) in [7, 11) is 0. The minimum absolute atomic E-state index is 0. The van der Waals surface area contributed by atoms with Crippen LogP contribution in [0.1, 0.15) is 13.8 Å². The third-order valence-corrected chi connectivity index (χ3v) is 1.25. The molecular weight excluding hydrogens is 362 g/mol. The van der Waals surface area contributed by atoms with E-state index < -0.39 is 30.0 Å². The van der Waals surface area contributed by atoms with Gasteiger partial charge in [0.25, 0.3) is 5.78 Å². The quantitative estimate of drug-likeness (QED) is 0.338. The number of alkyl halides is 6. The average Bonchev–Trinajstić information content (AvgIpc) is 2.12. The molecule has 21 heavy (non-hydrogen) atoms. The summed E-state index contributed by atoms with van der Waals surface area (Å²) in [6.45, 7) is 2.85. The van der Waals surface area contributed by atoms with Crippen molar-refractivity contribution < 1.29 is 63.2 Å². The van der Waals surface area contributed by atoms with E-state index in [0.29, 0.717) is 0 Å². The summed E-state index contributed by atoms with van der Waals surface area (Å²) in [4.78, 5) is 19.9. The molecule has 0 aliphatic carbocycles. The third kappa shape index (κ3) is 14.7. The number of hydrogen-bond donors (Lipinski definition) is 2. The van der Waals surface area contributed by atoms with Crippen LogP contribution >= 0.6 is 0 Å². The number of allylic oxidation sites excluding steroid dienone is 4. The topological polar surface area (TPSA) is 74.6 Å². The summed E-state index contributed by atoms with van der Waals surface area (Å²) in [5, 5.41) is 16.3.